The van der Waals surface area contributed by atoms with Crippen LogP contribution >= 0.6 is 0 Å². The van der Waals surface area contributed by atoms with Crippen LogP contribution in [0.5, 0.6) is 0 Å². The predicted molar refractivity (Wildman–Crippen MR) is 85.6 cm³/mol. The van der Waals surface area contributed by atoms with E-state index in [2.05, 4.69) is 15.2 Å². The summed E-state index contributed by atoms with van der Waals surface area (Å²) in [6, 6.07) is 4.06. The summed E-state index contributed by atoms with van der Waals surface area (Å²) in [4.78, 5) is 6.35. The second-order valence-corrected chi connectivity index (χ2v) is 6.39. The van der Waals surface area contributed by atoms with Crippen molar-refractivity contribution in [2.75, 3.05) is 33.9 Å². The first kappa shape index (κ1) is 16.2. The Labute approximate surface area is 135 Å². The maximum atomic E-state index is 13.8. The summed E-state index contributed by atoms with van der Waals surface area (Å²) in [5.74, 6) is 0.214. The molecule has 1 saturated carbocycles. The fourth-order valence-electron chi connectivity index (χ4n) is 3.25. The van der Waals surface area contributed by atoms with E-state index in [-0.39, 0.29) is 17.5 Å². The van der Waals surface area contributed by atoms with Crippen molar-refractivity contribution in [1.82, 2.24) is 10.2 Å². The van der Waals surface area contributed by atoms with E-state index in [1.54, 1.807) is 7.05 Å². The van der Waals surface area contributed by atoms with Crippen molar-refractivity contribution in [3.8, 4) is 0 Å². The highest BCUT2D eigenvalue weighted by molar-refractivity contribution is 5.80. The molecule has 1 aromatic carbocycles. The first-order valence-electron chi connectivity index (χ1n) is 8.06. The van der Waals surface area contributed by atoms with Crippen molar-refractivity contribution in [3.63, 3.8) is 0 Å². The molecule has 4 nitrogen and oxygen atoms in total. The van der Waals surface area contributed by atoms with Crippen LogP contribution in [0.4, 0.5) is 8.78 Å². The van der Waals surface area contributed by atoms with E-state index in [1.807, 2.05) is 7.05 Å². The number of nitrogens with zero attached hydrogens (tertiary/aromatic N) is 2. The monoisotopic (exact) mass is 323 g/mol. The molecular weight excluding hydrogens is 300 g/mol. The first-order valence-corrected chi connectivity index (χ1v) is 8.06. The normalized spacial score (nSPS) is 27.1. The summed E-state index contributed by atoms with van der Waals surface area (Å²) < 4.78 is 33.1. The van der Waals surface area contributed by atoms with Crippen LogP contribution in [0.25, 0.3) is 0 Å². The van der Waals surface area contributed by atoms with E-state index in [4.69, 9.17) is 4.74 Å². The number of hydrogen-bond acceptors (Lipinski definition) is 2. The highest BCUT2D eigenvalue weighted by atomic mass is 19.1. The number of rotatable bonds is 4. The summed E-state index contributed by atoms with van der Waals surface area (Å²) in [6.07, 6.45) is 1.78. The highest BCUT2D eigenvalue weighted by Gasteiger charge is 2.42. The van der Waals surface area contributed by atoms with Crippen molar-refractivity contribution in [3.05, 3.63) is 35.4 Å². The van der Waals surface area contributed by atoms with E-state index in [1.165, 1.54) is 18.2 Å². The minimum absolute atomic E-state index is 0.0300. The molecule has 6 heteroatoms. The predicted octanol–water partition coefficient (Wildman–Crippen LogP) is 2.36. The van der Waals surface area contributed by atoms with Crippen molar-refractivity contribution in [1.29, 1.82) is 0 Å². The van der Waals surface area contributed by atoms with Crippen LogP contribution in [0.2, 0.25) is 0 Å². The average molecular weight is 323 g/mol. The lowest BCUT2D eigenvalue weighted by molar-refractivity contribution is 0.181. The molecule has 2 aliphatic rings. The van der Waals surface area contributed by atoms with Gasteiger partial charge in [-0.3, -0.25) is 4.99 Å². The number of benzene rings is 1. The van der Waals surface area contributed by atoms with Crippen LogP contribution in [0.3, 0.4) is 0 Å². The second kappa shape index (κ2) is 6.83. The third kappa shape index (κ3) is 3.63. The van der Waals surface area contributed by atoms with Crippen LogP contribution in [-0.4, -0.2) is 50.8 Å². The van der Waals surface area contributed by atoms with Crippen molar-refractivity contribution < 1.29 is 13.5 Å². The third-order valence-corrected chi connectivity index (χ3v) is 4.60. The molecule has 3 atom stereocenters. The zero-order chi connectivity index (χ0) is 16.4. The molecule has 0 spiro atoms. The molecule has 0 radical (unpaired) electrons. The van der Waals surface area contributed by atoms with Crippen molar-refractivity contribution in [2.45, 2.75) is 24.8 Å². The van der Waals surface area contributed by atoms with Crippen LogP contribution in [0.1, 0.15) is 24.3 Å². The van der Waals surface area contributed by atoms with Crippen LogP contribution in [0, 0.1) is 17.6 Å². The Hall–Kier alpha value is -1.69. The lowest BCUT2D eigenvalue weighted by Crippen LogP contribution is -2.42. The standard InChI is InChI=1S/C17H23F2N3O/c1-20-17(22(2)9-11-6-7-23-10-11)21-15-8-12(15)16-13(18)4-3-5-14(16)19/h3-5,11-12,15H,6-10H2,1-2H3,(H,20,21). The highest BCUT2D eigenvalue weighted by Crippen LogP contribution is 2.43. The molecule has 0 bridgehead atoms. The summed E-state index contributed by atoms with van der Waals surface area (Å²) >= 11 is 0. The first-order chi connectivity index (χ1) is 11.1. The third-order valence-electron chi connectivity index (χ3n) is 4.60. The summed E-state index contributed by atoms with van der Waals surface area (Å²) in [7, 11) is 3.71. The Morgan fingerprint density at radius 2 is 2.13 bits per heavy atom. The molecule has 126 valence electrons. The van der Waals surface area contributed by atoms with E-state index < -0.39 is 11.6 Å². The molecular formula is C17H23F2N3O. The minimum Gasteiger partial charge on any atom is -0.381 e. The number of halogens is 2. The second-order valence-electron chi connectivity index (χ2n) is 6.39. The van der Waals surface area contributed by atoms with Gasteiger partial charge >= 0.3 is 0 Å². The van der Waals surface area contributed by atoms with E-state index in [9.17, 15) is 8.78 Å². The molecule has 1 aliphatic carbocycles. The van der Waals surface area contributed by atoms with Gasteiger partial charge in [0.25, 0.3) is 0 Å². The van der Waals surface area contributed by atoms with Gasteiger partial charge < -0.3 is 15.0 Å². The molecule has 0 aromatic heterocycles. The lowest BCUT2D eigenvalue weighted by atomic mass is 10.1. The quantitative estimate of drug-likeness (QED) is 0.683. The molecule has 1 N–H and O–H groups in total. The molecule has 1 aromatic rings. The fraction of sp³-hybridized carbons (Fsp3) is 0.588. The molecule has 1 aliphatic heterocycles. The molecule has 3 rings (SSSR count). The molecule has 1 saturated heterocycles. The van der Waals surface area contributed by atoms with Gasteiger partial charge in [-0.25, -0.2) is 8.78 Å². The van der Waals surface area contributed by atoms with Gasteiger partial charge in [-0.2, -0.15) is 0 Å². The zero-order valence-electron chi connectivity index (χ0n) is 13.6. The van der Waals surface area contributed by atoms with Gasteiger partial charge in [0.1, 0.15) is 11.6 Å². The number of aliphatic imine (C=N–C) groups is 1. The van der Waals surface area contributed by atoms with Gasteiger partial charge in [-0.05, 0) is 25.0 Å². The SMILES string of the molecule is CN=C(NC1CC1c1c(F)cccc1F)N(C)CC1CCOC1. The number of ether oxygens (including phenoxy) is 1. The molecule has 2 fully saturated rings. The number of guanidine groups is 1. The Balaban J connectivity index is 1.58. The Morgan fingerprint density at radius 3 is 2.74 bits per heavy atom. The van der Waals surface area contributed by atoms with Gasteiger partial charge in [0, 0.05) is 50.7 Å². The van der Waals surface area contributed by atoms with E-state index in [0.717, 1.165) is 38.6 Å². The van der Waals surface area contributed by atoms with Crippen molar-refractivity contribution in [2.24, 2.45) is 10.9 Å². The fourth-order valence-corrected chi connectivity index (χ4v) is 3.25. The Bertz CT molecular complexity index is 567. The molecule has 0 amide bonds. The van der Waals surface area contributed by atoms with Crippen LogP contribution < -0.4 is 5.32 Å². The van der Waals surface area contributed by atoms with Gasteiger partial charge in [-0.1, -0.05) is 6.07 Å². The molecule has 3 unspecified atom stereocenters. The maximum Gasteiger partial charge on any atom is 0.193 e. The van der Waals surface area contributed by atoms with Gasteiger partial charge in [-0.15, -0.1) is 0 Å². The summed E-state index contributed by atoms with van der Waals surface area (Å²) in [5, 5.41) is 3.32. The molecule has 23 heavy (non-hydrogen) atoms. The van der Waals surface area contributed by atoms with Crippen LogP contribution in [-0.2, 0) is 4.74 Å². The van der Waals surface area contributed by atoms with E-state index >= 15 is 0 Å². The van der Waals surface area contributed by atoms with Gasteiger partial charge in [0.2, 0.25) is 0 Å². The van der Waals surface area contributed by atoms with Gasteiger partial charge in [0.15, 0.2) is 5.96 Å². The maximum absolute atomic E-state index is 13.8. The van der Waals surface area contributed by atoms with Crippen molar-refractivity contribution >= 4 is 5.96 Å². The summed E-state index contributed by atoms with van der Waals surface area (Å²) in [5.41, 5.74) is 0.187. The number of hydrogen-bond donors (Lipinski definition) is 1. The lowest BCUT2D eigenvalue weighted by Gasteiger charge is -2.24. The summed E-state index contributed by atoms with van der Waals surface area (Å²) in [6.45, 7) is 2.47. The zero-order valence-corrected chi connectivity index (χ0v) is 13.6. The largest absolute Gasteiger partial charge is 0.381 e. The molecule has 1 heterocycles. The van der Waals surface area contributed by atoms with E-state index in [0.29, 0.717) is 5.92 Å². The Kier molecular flexibility index (Phi) is 4.80. The number of nitrogens with one attached hydrogen (secondary N) is 1. The Morgan fingerprint density at radius 1 is 1.39 bits per heavy atom. The van der Waals surface area contributed by atoms with Crippen LogP contribution in [0.15, 0.2) is 23.2 Å². The minimum atomic E-state index is -0.467. The topological polar surface area (TPSA) is 36.9 Å². The average Bonchev–Trinajstić information content (AvgIpc) is 3.06. The van der Waals surface area contributed by atoms with Gasteiger partial charge in [0.05, 0.1) is 6.61 Å². The smallest absolute Gasteiger partial charge is 0.193 e.